The van der Waals surface area contributed by atoms with Gasteiger partial charge in [0.25, 0.3) is 0 Å². The Kier molecular flexibility index (Phi) is 5.31. The fourth-order valence-corrected chi connectivity index (χ4v) is 6.80. The van der Waals surface area contributed by atoms with Crippen LogP contribution in [0.5, 0.6) is 0 Å². The van der Waals surface area contributed by atoms with Crippen molar-refractivity contribution in [3.05, 3.63) is 59.7 Å². The third-order valence-electron chi connectivity index (χ3n) is 8.57. The monoisotopic (exact) mass is 474 g/mol. The number of aliphatic carboxylic acids is 1. The van der Waals surface area contributed by atoms with E-state index in [-0.39, 0.29) is 42.7 Å². The van der Waals surface area contributed by atoms with Crippen molar-refractivity contribution in [3.63, 3.8) is 0 Å². The molecule has 2 amide bonds. The second-order valence-corrected chi connectivity index (χ2v) is 10.5. The van der Waals surface area contributed by atoms with E-state index in [2.05, 4.69) is 29.6 Å². The van der Waals surface area contributed by atoms with Gasteiger partial charge in [-0.25, -0.2) is 4.79 Å². The van der Waals surface area contributed by atoms with Gasteiger partial charge in [0.05, 0.1) is 12.0 Å². The van der Waals surface area contributed by atoms with Gasteiger partial charge in [-0.2, -0.15) is 0 Å². The molecule has 3 fully saturated rings. The lowest BCUT2D eigenvalue weighted by Crippen LogP contribution is -2.47. The maximum Gasteiger partial charge on any atom is 0.407 e. The van der Waals surface area contributed by atoms with E-state index in [1.165, 1.54) is 22.3 Å². The molecular formula is C28H30N2O5. The van der Waals surface area contributed by atoms with Crippen molar-refractivity contribution >= 4 is 18.0 Å². The van der Waals surface area contributed by atoms with Gasteiger partial charge in [0.1, 0.15) is 6.61 Å². The maximum atomic E-state index is 13.2. The Morgan fingerprint density at radius 3 is 2.26 bits per heavy atom. The van der Waals surface area contributed by atoms with Gasteiger partial charge < -0.3 is 20.1 Å². The lowest BCUT2D eigenvalue weighted by atomic mass is 9.85. The summed E-state index contributed by atoms with van der Waals surface area (Å²) in [6.07, 6.45) is 3.66. The molecule has 7 nitrogen and oxygen atoms in total. The molecule has 2 bridgehead atoms. The van der Waals surface area contributed by atoms with Crippen molar-refractivity contribution in [1.82, 2.24) is 10.2 Å². The molecule has 2 saturated heterocycles. The van der Waals surface area contributed by atoms with Crippen LogP contribution < -0.4 is 5.32 Å². The Hall–Kier alpha value is -3.35. The first-order valence-electron chi connectivity index (χ1n) is 12.6. The minimum Gasteiger partial charge on any atom is -0.481 e. The number of hydrogen-bond acceptors (Lipinski definition) is 4. The lowest BCUT2D eigenvalue weighted by molar-refractivity contribution is -0.143. The summed E-state index contributed by atoms with van der Waals surface area (Å²) in [4.78, 5) is 39.0. The molecule has 0 spiro atoms. The van der Waals surface area contributed by atoms with Gasteiger partial charge in [-0.3, -0.25) is 9.59 Å². The Labute approximate surface area is 204 Å². The summed E-state index contributed by atoms with van der Waals surface area (Å²) in [5, 5.41) is 12.2. The summed E-state index contributed by atoms with van der Waals surface area (Å²) in [5.74, 6) is -0.791. The number of amides is 2. The van der Waals surface area contributed by atoms with Crippen LogP contribution in [-0.4, -0.2) is 52.7 Å². The first-order valence-corrected chi connectivity index (χ1v) is 12.6. The quantitative estimate of drug-likeness (QED) is 0.628. The van der Waals surface area contributed by atoms with Crippen LogP contribution in [0.4, 0.5) is 4.79 Å². The summed E-state index contributed by atoms with van der Waals surface area (Å²) in [5.41, 5.74) is 4.22. The van der Waals surface area contributed by atoms with Crippen LogP contribution in [0, 0.1) is 11.8 Å². The number of benzene rings is 2. The number of nitrogens with one attached hydrogen (secondary N) is 1. The van der Waals surface area contributed by atoms with Crippen LogP contribution in [0.25, 0.3) is 11.1 Å². The van der Waals surface area contributed by atoms with Gasteiger partial charge in [0, 0.05) is 24.4 Å². The molecule has 2 aliphatic carbocycles. The van der Waals surface area contributed by atoms with E-state index in [9.17, 15) is 19.5 Å². The third-order valence-corrected chi connectivity index (χ3v) is 8.57. The van der Waals surface area contributed by atoms with Crippen molar-refractivity contribution < 1.29 is 24.2 Å². The predicted molar refractivity (Wildman–Crippen MR) is 129 cm³/mol. The molecule has 2 aromatic rings. The number of carbonyl (C=O) groups excluding carboxylic acids is 2. The van der Waals surface area contributed by atoms with Crippen molar-refractivity contribution in [2.45, 2.75) is 56.0 Å². The summed E-state index contributed by atoms with van der Waals surface area (Å²) < 4.78 is 5.61. The number of ether oxygens (including phenoxy) is 1. The van der Waals surface area contributed by atoms with E-state index in [0.29, 0.717) is 6.54 Å². The molecule has 2 aliphatic heterocycles. The van der Waals surface area contributed by atoms with Crippen molar-refractivity contribution in [2.75, 3.05) is 13.2 Å². The normalized spacial score (nSPS) is 27.9. The number of alkyl carbamates (subject to hydrolysis) is 1. The molecule has 6 rings (SSSR count). The summed E-state index contributed by atoms with van der Waals surface area (Å²) in [6.45, 7) is 0.664. The molecular weight excluding hydrogens is 444 g/mol. The predicted octanol–water partition coefficient (Wildman–Crippen LogP) is 4.16. The average molecular weight is 475 g/mol. The maximum absolute atomic E-state index is 13.2. The fraction of sp³-hybridized carbons (Fsp3) is 0.464. The first kappa shape index (κ1) is 22.1. The number of rotatable bonds is 7. The number of fused-ring (bicyclic) bond motifs is 5. The highest BCUT2D eigenvalue weighted by molar-refractivity contribution is 5.85. The van der Waals surface area contributed by atoms with Gasteiger partial charge in [-0.1, -0.05) is 48.5 Å². The molecule has 2 atom stereocenters. The van der Waals surface area contributed by atoms with Gasteiger partial charge in [0.15, 0.2) is 0 Å². The summed E-state index contributed by atoms with van der Waals surface area (Å²) >= 11 is 0. The van der Waals surface area contributed by atoms with Gasteiger partial charge in [0.2, 0.25) is 5.91 Å². The number of carbonyl (C=O) groups is 3. The van der Waals surface area contributed by atoms with E-state index >= 15 is 0 Å². The smallest absolute Gasteiger partial charge is 0.407 e. The Bertz CT molecular complexity index is 1140. The molecule has 0 unspecified atom stereocenters. The summed E-state index contributed by atoms with van der Waals surface area (Å²) in [6, 6.07) is 16.6. The minimum absolute atomic E-state index is 0.0134. The molecule has 182 valence electrons. The van der Waals surface area contributed by atoms with E-state index < -0.39 is 17.6 Å². The Morgan fingerprint density at radius 2 is 1.63 bits per heavy atom. The zero-order valence-electron chi connectivity index (χ0n) is 19.6. The zero-order chi connectivity index (χ0) is 24.2. The van der Waals surface area contributed by atoms with E-state index in [4.69, 9.17) is 4.74 Å². The number of nitrogens with zero attached hydrogens (tertiary/aromatic N) is 1. The molecule has 2 aromatic carbocycles. The second-order valence-electron chi connectivity index (χ2n) is 10.5. The highest BCUT2D eigenvalue weighted by atomic mass is 16.5. The van der Waals surface area contributed by atoms with E-state index in [0.717, 1.165) is 32.1 Å². The molecule has 7 heteroatoms. The largest absolute Gasteiger partial charge is 0.481 e. The van der Waals surface area contributed by atoms with Crippen molar-refractivity contribution in [2.24, 2.45) is 11.8 Å². The molecule has 35 heavy (non-hydrogen) atoms. The molecule has 0 aromatic heterocycles. The minimum atomic E-state index is -0.838. The van der Waals surface area contributed by atoms with Crippen molar-refractivity contribution in [1.29, 1.82) is 0 Å². The van der Waals surface area contributed by atoms with E-state index in [1.54, 1.807) is 0 Å². The highest BCUT2D eigenvalue weighted by Gasteiger charge is 2.58. The molecule has 0 radical (unpaired) electrons. The third kappa shape index (κ3) is 3.77. The second kappa shape index (κ2) is 8.40. The van der Waals surface area contributed by atoms with Crippen LogP contribution in [-0.2, 0) is 14.3 Å². The summed E-state index contributed by atoms with van der Waals surface area (Å²) in [7, 11) is 0. The van der Waals surface area contributed by atoms with Gasteiger partial charge >= 0.3 is 12.1 Å². The van der Waals surface area contributed by atoms with Gasteiger partial charge in [-0.05, 0) is 60.3 Å². The molecule has 4 aliphatic rings. The van der Waals surface area contributed by atoms with Crippen LogP contribution in [0.15, 0.2) is 48.5 Å². The molecule has 2 N–H and O–H groups in total. The van der Waals surface area contributed by atoms with E-state index in [1.807, 2.05) is 29.2 Å². The SMILES string of the molecule is O=C(O)CC12CCC(CC1)N2C(=O)[C@@H]1C[C@@H]1CNC(=O)OCC1c2ccccc2-c2ccccc21. The molecule has 1 saturated carbocycles. The number of carboxylic acid groups (broad SMARTS) is 1. The average Bonchev–Trinajstić information content (AvgIpc) is 3.31. The fourth-order valence-electron chi connectivity index (χ4n) is 6.80. The number of hydrogen-bond donors (Lipinski definition) is 2. The van der Waals surface area contributed by atoms with Crippen LogP contribution in [0.2, 0.25) is 0 Å². The lowest BCUT2D eigenvalue weighted by Gasteiger charge is -2.34. The first-order chi connectivity index (χ1) is 17.0. The number of carboxylic acids is 1. The van der Waals surface area contributed by atoms with Crippen molar-refractivity contribution in [3.8, 4) is 11.1 Å². The highest BCUT2D eigenvalue weighted by Crippen LogP contribution is 2.52. The molecule has 2 heterocycles. The Balaban J connectivity index is 1.02. The van der Waals surface area contributed by atoms with Crippen LogP contribution in [0.3, 0.4) is 0 Å². The standard InChI is InChI=1S/C28H30N2O5/c31-25(32)14-28-11-9-18(10-12-28)30(28)26(33)23-13-17(23)15-29-27(34)35-16-24-21-7-3-1-5-19(21)20-6-2-4-8-22(20)24/h1-8,17-18,23-24H,9-16H2,(H,29,34)(H,31,32)/t17-,18?,23-,28?/m1/s1. The van der Waals surface area contributed by atoms with Crippen LogP contribution >= 0.6 is 0 Å². The van der Waals surface area contributed by atoms with Crippen LogP contribution in [0.1, 0.15) is 55.6 Å². The zero-order valence-corrected chi connectivity index (χ0v) is 19.6. The topological polar surface area (TPSA) is 95.9 Å². The van der Waals surface area contributed by atoms with Gasteiger partial charge in [-0.15, -0.1) is 0 Å². The Morgan fingerprint density at radius 1 is 1.00 bits per heavy atom.